The predicted octanol–water partition coefficient (Wildman–Crippen LogP) is 3.18. The highest BCUT2D eigenvalue weighted by Gasteiger charge is 2.52. The molecule has 1 aromatic rings. The lowest BCUT2D eigenvalue weighted by molar-refractivity contribution is -0.136. The van der Waals surface area contributed by atoms with Gasteiger partial charge >= 0.3 is 5.97 Å². The van der Waals surface area contributed by atoms with Crippen LogP contribution in [0.5, 0.6) is 0 Å². The van der Waals surface area contributed by atoms with Crippen LogP contribution >= 0.6 is 0 Å². The van der Waals surface area contributed by atoms with Crippen molar-refractivity contribution in [3.05, 3.63) is 29.6 Å². The average Bonchev–Trinajstić information content (AvgIpc) is 2.36. The molecule has 4 saturated carbocycles. The molecule has 3 nitrogen and oxygen atoms in total. The maximum absolute atomic E-state index is 11.1. The van der Waals surface area contributed by atoms with Gasteiger partial charge in [0.05, 0.1) is 6.42 Å². The highest BCUT2D eigenvalue weighted by atomic mass is 16.4. The molecule has 0 radical (unpaired) electrons. The van der Waals surface area contributed by atoms with Crippen molar-refractivity contribution in [2.24, 2.45) is 17.8 Å². The fourth-order valence-corrected chi connectivity index (χ4v) is 5.66. The van der Waals surface area contributed by atoms with Gasteiger partial charge in [0.1, 0.15) is 0 Å². The van der Waals surface area contributed by atoms with E-state index in [-0.39, 0.29) is 11.8 Å². The molecule has 0 aromatic carbocycles. The van der Waals surface area contributed by atoms with Crippen molar-refractivity contribution in [2.45, 2.75) is 50.4 Å². The zero-order valence-electron chi connectivity index (χ0n) is 11.7. The second kappa shape index (κ2) is 4.31. The number of hydrogen-bond acceptors (Lipinski definition) is 2. The topological polar surface area (TPSA) is 50.2 Å². The standard InChI is InChI=1S/C17H21NO2/c19-16(20)6-14-1-2-18-10-15(14)17-7-11-3-12(8-17)5-13(4-11)9-17/h1-2,10-13H,3-9H2,(H,19,20). The molecule has 1 N–H and O–H groups in total. The van der Waals surface area contributed by atoms with E-state index in [0.29, 0.717) is 0 Å². The molecule has 0 amide bonds. The van der Waals surface area contributed by atoms with Crippen LogP contribution in [0.1, 0.15) is 49.7 Å². The van der Waals surface area contributed by atoms with Crippen LogP contribution in [-0.2, 0) is 16.6 Å². The monoisotopic (exact) mass is 271 g/mol. The van der Waals surface area contributed by atoms with Crippen LogP contribution in [0.25, 0.3) is 0 Å². The van der Waals surface area contributed by atoms with E-state index in [0.717, 1.165) is 23.3 Å². The molecule has 1 heterocycles. The minimum atomic E-state index is -0.734. The van der Waals surface area contributed by atoms with Crippen LogP contribution in [0.3, 0.4) is 0 Å². The van der Waals surface area contributed by atoms with Crippen LogP contribution in [-0.4, -0.2) is 16.1 Å². The molecule has 4 aliphatic carbocycles. The van der Waals surface area contributed by atoms with Crippen LogP contribution in [0, 0.1) is 17.8 Å². The highest BCUT2D eigenvalue weighted by molar-refractivity contribution is 5.71. The summed E-state index contributed by atoms with van der Waals surface area (Å²) in [6.07, 6.45) is 11.9. The van der Waals surface area contributed by atoms with Gasteiger partial charge in [0.15, 0.2) is 0 Å². The molecule has 20 heavy (non-hydrogen) atoms. The van der Waals surface area contributed by atoms with Crippen molar-refractivity contribution in [1.29, 1.82) is 0 Å². The third-order valence-electron chi connectivity index (χ3n) is 5.86. The van der Waals surface area contributed by atoms with E-state index in [1.54, 1.807) is 6.20 Å². The van der Waals surface area contributed by atoms with E-state index in [1.807, 2.05) is 12.3 Å². The van der Waals surface area contributed by atoms with Crippen molar-refractivity contribution in [3.63, 3.8) is 0 Å². The fourth-order valence-electron chi connectivity index (χ4n) is 5.66. The highest BCUT2D eigenvalue weighted by Crippen LogP contribution is 2.61. The third kappa shape index (κ3) is 1.87. The molecule has 0 unspecified atom stereocenters. The second-order valence-electron chi connectivity index (χ2n) is 7.30. The number of nitrogens with zero attached hydrogens (tertiary/aromatic N) is 1. The molecule has 5 rings (SSSR count). The summed E-state index contributed by atoms with van der Waals surface area (Å²) in [6.45, 7) is 0. The third-order valence-corrected chi connectivity index (χ3v) is 5.86. The van der Waals surface area contributed by atoms with Gasteiger partial charge in [0.25, 0.3) is 0 Å². The van der Waals surface area contributed by atoms with E-state index in [1.165, 1.54) is 44.1 Å². The Kier molecular flexibility index (Phi) is 2.66. The number of rotatable bonds is 3. The molecule has 0 aliphatic heterocycles. The zero-order chi connectivity index (χ0) is 13.7. The number of hydrogen-bond donors (Lipinski definition) is 1. The minimum Gasteiger partial charge on any atom is -0.481 e. The van der Waals surface area contributed by atoms with Gasteiger partial charge in [-0.15, -0.1) is 0 Å². The SMILES string of the molecule is O=C(O)Cc1ccncc1C12CC3CC(CC(C3)C1)C2. The lowest BCUT2D eigenvalue weighted by Gasteiger charge is -2.57. The van der Waals surface area contributed by atoms with E-state index >= 15 is 0 Å². The van der Waals surface area contributed by atoms with Crippen molar-refractivity contribution in [2.75, 3.05) is 0 Å². The Bertz CT molecular complexity index is 516. The van der Waals surface area contributed by atoms with Crippen LogP contribution in [0.15, 0.2) is 18.5 Å². The Balaban J connectivity index is 1.75. The van der Waals surface area contributed by atoms with Crippen molar-refractivity contribution >= 4 is 5.97 Å². The fraction of sp³-hybridized carbons (Fsp3) is 0.647. The summed E-state index contributed by atoms with van der Waals surface area (Å²) >= 11 is 0. The molecule has 4 aliphatic rings. The first-order valence-corrected chi connectivity index (χ1v) is 7.80. The first kappa shape index (κ1) is 12.4. The van der Waals surface area contributed by atoms with E-state index < -0.39 is 5.97 Å². The Morgan fingerprint density at radius 1 is 1.20 bits per heavy atom. The van der Waals surface area contributed by atoms with Gasteiger partial charge in [-0.1, -0.05) is 0 Å². The summed E-state index contributed by atoms with van der Waals surface area (Å²) in [5.74, 6) is 1.89. The molecule has 0 atom stereocenters. The first-order valence-electron chi connectivity index (χ1n) is 7.80. The minimum absolute atomic E-state index is 0.138. The van der Waals surface area contributed by atoms with E-state index in [9.17, 15) is 4.79 Å². The Labute approximate surface area is 119 Å². The number of aromatic nitrogens is 1. The number of carboxylic acids is 1. The van der Waals surface area contributed by atoms with Crippen molar-refractivity contribution in [1.82, 2.24) is 4.98 Å². The summed E-state index contributed by atoms with van der Waals surface area (Å²) in [4.78, 5) is 15.4. The van der Waals surface area contributed by atoms with Gasteiger partial charge in [0, 0.05) is 12.4 Å². The van der Waals surface area contributed by atoms with Gasteiger partial charge in [-0.25, -0.2) is 0 Å². The van der Waals surface area contributed by atoms with E-state index in [4.69, 9.17) is 5.11 Å². The quantitative estimate of drug-likeness (QED) is 0.918. The zero-order valence-corrected chi connectivity index (χ0v) is 11.7. The number of carboxylic acid groups (broad SMARTS) is 1. The summed E-state index contributed by atoms with van der Waals surface area (Å²) < 4.78 is 0. The lowest BCUT2D eigenvalue weighted by atomic mass is 9.48. The molecule has 3 heteroatoms. The van der Waals surface area contributed by atoms with Crippen LogP contribution in [0.4, 0.5) is 0 Å². The molecular formula is C17H21NO2. The van der Waals surface area contributed by atoms with Crippen molar-refractivity contribution < 1.29 is 9.90 Å². The molecule has 4 bridgehead atoms. The van der Waals surface area contributed by atoms with Gasteiger partial charge < -0.3 is 5.11 Å². The number of aliphatic carboxylic acids is 1. The normalized spacial score (nSPS) is 38.1. The molecule has 4 fully saturated rings. The molecule has 1 aromatic heterocycles. The summed E-state index contributed by atoms with van der Waals surface area (Å²) in [5.41, 5.74) is 2.49. The van der Waals surface area contributed by atoms with E-state index in [2.05, 4.69) is 4.98 Å². The van der Waals surface area contributed by atoms with Crippen LogP contribution < -0.4 is 0 Å². The number of carbonyl (C=O) groups is 1. The Hall–Kier alpha value is -1.38. The maximum atomic E-state index is 11.1. The predicted molar refractivity (Wildman–Crippen MR) is 75.4 cm³/mol. The van der Waals surface area contributed by atoms with Crippen LogP contribution in [0.2, 0.25) is 0 Å². The summed E-state index contributed by atoms with van der Waals surface area (Å²) in [5, 5.41) is 9.15. The summed E-state index contributed by atoms with van der Waals surface area (Å²) in [7, 11) is 0. The van der Waals surface area contributed by atoms with Gasteiger partial charge in [0.2, 0.25) is 0 Å². The van der Waals surface area contributed by atoms with Crippen molar-refractivity contribution in [3.8, 4) is 0 Å². The van der Waals surface area contributed by atoms with Gasteiger partial charge in [-0.2, -0.15) is 0 Å². The average molecular weight is 271 g/mol. The molecule has 0 spiro atoms. The first-order chi connectivity index (χ1) is 9.64. The molecule has 106 valence electrons. The second-order valence-corrected chi connectivity index (χ2v) is 7.30. The lowest BCUT2D eigenvalue weighted by Crippen LogP contribution is -2.49. The maximum Gasteiger partial charge on any atom is 0.307 e. The Morgan fingerprint density at radius 2 is 1.80 bits per heavy atom. The number of pyridine rings is 1. The largest absolute Gasteiger partial charge is 0.481 e. The van der Waals surface area contributed by atoms with Gasteiger partial charge in [-0.3, -0.25) is 9.78 Å². The van der Waals surface area contributed by atoms with Gasteiger partial charge in [-0.05, 0) is 78.9 Å². The smallest absolute Gasteiger partial charge is 0.307 e. The Morgan fingerprint density at radius 3 is 2.35 bits per heavy atom. The summed E-state index contributed by atoms with van der Waals surface area (Å²) in [6, 6.07) is 1.92. The molecular weight excluding hydrogens is 250 g/mol. The molecule has 0 saturated heterocycles.